The SMILES string of the molecule is O=C1COc2ncc(N3CC4(CCN(CC5Cc6cc7nnn(C8CNC8)c7c(F)c6C5)CC4)OC3=O)nc2N1. The number of fused-ring (bicyclic) bond motifs is 3. The van der Waals surface area contributed by atoms with Crippen LogP contribution in [0.2, 0.25) is 0 Å². The molecule has 1 aromatic carbocycles. The summed E-state index contributed by atoms with van der Waals surface area (Å²) >= 11 is 0. The van der Waals surface area contributed by atoms with Crippen LogP contribution in [0.3, 0.4) is 0 Å². The van der Waals surface area contributed by atoms with Crippen LogP contribution in [0.5, 0.6) is 5.88 Å². The van der Waals surface area contributed by atoms with Crippen LogP contribution in [-0.4, -0.2) is 93.3 Å². The van der Waals surface area contributed by atoms with Crippen molar-refractivity contribution in [3.63, 3.8) is 0 Å². The van der Waals surface area contributed by atoms with Gasteiger partial charge >= 0.3 is 6.09 Å². The maximum absolute atomic E-state index is 15.6. The summed E-state index contributed by atoms with van der Waals surface area (Å²) in [4.78, 5) is 36.9. The molecular weight excluding hydrogens is 521 g/mol. The number of ether oxygens (including phenoxy) is 2. The largest absolute Gasteiger partial charge is 0.465 e. The lowest BCUT2D eigenvalue weighted by atomic mass is 9.90. The smallest absolute Gasteiger partial charge is 0.416 e. The summed E-state index contributed by atoms with van der Waals surface area (Å²) < 4.78 is 28.5. The molecular formula is C26H28FN9O4. The van der Waals surface area contributed by atoms with E-state index < -0.39 is 11.7 Å². The van der Waals surface area contributed by atoms with Gasteiger partial charge < -0.3 is 25.0 Å². The first kappa shape index (κ1) is 23.9. The lowest BCUT2D eigenvalue weighted by Crippen LogP contribution is -2.48. The molecule has 14 heteroatoms. The van der Waals surface area contributed by atoms with Crippen molar-refractivity contribution in [2.45, 2.75) is 37.3 Å². The molecule has 5 aliphatic rings. The Morgan fingerprint density at radius 1 is 1.18 bits per heavy atom. The first-order valence-corrected chi connectivity index (χ1v) is 13.7. The normalized spacial score (nSPS) is 24.0. The maximum Gasteiger partial charge on any atom is 0.416 e. The molecule has 6 heterocycles. The number of rotatable bonds is 4. The van der Waals surface area contributed by atoms with Gasteiger partial charge in [-0.15, -0.1) is 5.10 Å². The number of anilines is 2. The molecule has 1 atom stereocenters. The van der Waals surface area contributed by atoms with Gasteiger partial charge in [-0.3, -0.25) is 9.69 Å². The van der Waals surface area contributed by atoms with Crippen LogP contribution in [0.25, 0.3) is 11.0 Å². The second-order valence-electron chi connectivity index (χ2n) is 11.5. The summed E-state index contributed by atoms with van der Waals surface area (Å²) in [5.41, 5.74) is 2.40. The van der Waals surface area contributed by atoms with Crippen LogP contribution in [0, 0.1) is 11.7 Å². The van der Waals surface area contributed by atoms with E-state index in [0.29, 0.717) is 48.6 Å². The van der Waals surface area contributed by atoms with Crippen LogP contribution >= 0.6 is 0 Å². The second-order valence-corrected chi connectivity index (χ2v) is 11.5. The second kappa shape index (κ2) is 8.80. The molecule has 1 spiro atoms. The van der Waals surface area contributed by atoms with Crippen LogP contribution < -0.4 is 20.3 Å². The number of amides is 2. The number of likely N-dealkylation sites (tertiary alicyclic amines) is 1. The highest BCUT2D eigenvalue weighted by Crippen LogP contribution is 2.38. The molecule has 2 amide bonds. The number of aromatic nitrogens is 5. The maximum atomic E-state index is 15.6. The molecule has 2 N–H and O–H groups in total. The molecule has 13 nitrogen and oxygen atoms in total. The molecule has 0 bridgehead atoms. The zero-order valence-electron chi connectivity index (χ0n) is 21.7. The van der Waals surface area contributed by atoms with Crippen molar-refractivity contribution in [1.29, 1.82) is 0 Å². The number of nitrogens with zero attached hydrogens (tertiary/aromatic N) is 7. The van der Waals surface area contributed by atoms with Gasteiger partial charge in [-0.25, -0.2) is 23.8 Å². The average Bonchev–Trinajstić information content (AvgIpc) is 3.60. The monoisotopic (exact) mass is 549 g/mol. The summed E-state index contributed by atoms with van der Waals surface area (Å²) in [7, 11) is 0. The minimum Gasteiger partial charge on any atom is -0.465 e. The summed E-state index contributed by atoms with van der Waals surface area (Å²) in [5.74, 6) is 0.588. The number of piperidine rings is 1. The molecule has 3 saturated heterocycles. The minimum atomic E-state index is -0.596. The third kappa shape index (κ3) is 3.80. The van der Waals surface area contributed by atoms with Gasteiger partial charge in [0, 0.05) is 45.6 Å². The van der Waals surface area contributed by atoms with Crippen LogP contribution in [0.4, 0.5) is 20.8 Å². The van der Waals surface area contributed by atoms with E-state index >= 15 is 4.39 Å². The molecule has 4 aliphatic heterocycles. The van der Waals surface area contributed by atoms with E-state index in [1.165, 1.54) is 11.1 Å². The van der Waals surface area contributed by atoms with Gasteiger partial charge in [-0.05, 0) is 36.0 Å². The molecule has 3 fully saturated rings. The van der Waals surface area contributed by atoms with E-state index in [0.717, 1.165) is 50.3 Å². The fourth-order valence-electron chi connectivity index (χ4n) is 6.61. The summed E-state index contributed by atoms with van der Waals surface area (Å²) in [6.07, 6.45) is 3.90. The molecule has 208 valence electrons. The molecule has 1 unspecified atom stereocenters. The standard InChI is InChI=1S/C26H28FN9O4/c27-21-17-6-14(5-15(17)7-18-22(21)36(33-32-18)16-8-28-9-16)11-34-3-1-26(2-4-34)13-35(25(38)40-26)19-10-29-24-23(30-19)31-20(37)12-39-24/h7,10,14,16,28H,1-6,8-9,11-13H2,(H,30,31,37). The number of nitrogens with one attached hydrogen (secondary N) is 2. The van der Waals surface area contributed by atoms with E-state index in [1.54, 1.807) is 4.68 Å². The summed E-state index contributed by atoms with van der Waals surface area (Å²) in [5, 5.41) is 14.3. The number of hydrogen-bond donors (Lipinski definition) is 2. The first-order chi connectivity index (χ1) is 19.4. The van der Waals surface area contributed by atoms with E-state index in [4.69, 9.17) is 9.47 Å². The topological polar surface area (TPSA) is 140 Å². The van der Waals surface area contributed by atoms with Crippen molar-refractivity contribution < 1.29 is 23.5 Å². The highest BCUT2D eigenvalue weighted by molar-refractivity contribution is 5.94. The zero-order chi connectivity index (χ0) is 27.0. The van der Waals surface area contributed by atoms with Gasteiger partial charge in [0.1, 0.15) is 16.6 Å². The van der Waals surface area contributed by atoms with Crippen molar-refractivity contribution in [3.8, 4) is 5.88 Å². The summed E-state index contributed by atoms with van der Waals surface area (Å²) in [6, 6.07) is 2.17. The third-order valence-electron chi connectivity index (χ3n) is 8.85. The van der Waals surface area contributed by atoms with Gasteiger partial charge in [0.25, 0.3) is 11.8 Å². The van der Waals surface area contributed by atoms with Gasteiger partial charge in [-0.2, -0.15) is 0 Å². The lowest BCUT2D eigenvalue weighted by Gasteiger charge is -2.38. The van der Waals surface area contributed by atoms with Crippen LogP contribution in [0.15, 0.2) is 12.3 Å². The highest BCUT2D eigenvalue weighted by Gasteiger charge is 2.48. The van der Waals surface area contributed by atoms with Gasteiger partial charge in [0.05, 0.1) is 18.8 Å². The third-order valence-corrected chi connectivity index (χ3v) is 8.85. The number of halogens is 1. The number of hydrogen-bond acceptors (Lipinski definition) is 10. The molecule has 0 radical (unpaired) electrons. The molecule has 1 aliphatic carbocycles. The Bertz CT molecular complexity index is 1550. The van der Waals surface area contributed by atoms with Crippen molar-refractivity contribution >= 4 is 34.7 Å². The van der Waals surface area contributed by atoms with Gasteiger partial charge in [0.2, 0.25) is 0 Å². The average molecular weight is 550 g/mol. The lowest BCUT2D eigenvalue weighted by molar-refractivity contribution is -0.118. The number of carbonyl (C=O) groups is 2. The van der Waals surface area contributed by atoms with E-state index in [9.17, 15) is 9.59 Å². The predicted octanol–water partition coefficient (Wildman–Crippen LogP) is 1.04. The Kier molecular flexibility index (Phi) is 5.26. The van der Waals surface area contributed by atoms with E-state index in [-0.39, 0.29) is 36.1 Å². The minimum absolute atomic E-state index is 0.112. The van der Waals surface area contributed by atoms with Gasteiger partial charge in [0.15, 0.2) is 24.1 Å². The quantitative estimate of drug-likeness (QED) is 0.485. The van der Waals surface area contributed by atoms with Crippen molar-refractivity contribution in [3.05, 3.63) is 29.2 Å². The summed E-state index contributed by atoms with van der Waals surface area (Å²) in [6.45, 7) is 4.26. The molecule has 2 aromatic heterocycles. The Balaban J connectivity index is 0.916. The number of carbonyl (C=O) groups excluding carboxylic acids is 2. The first-order valence-electron chi connectivity index (χ1n) is 13.7. The molecule has 3 aromatic rings. The fourth-order valence-corrected chi connectivity index (χ4v) is 6.61. The van der Waals surface area contributed by atoms with Crippen LogP contribution in [0.1, 0.15) is 30.0 Å². The van der Waals surface area contributed by atoms with E-state index in [1.807, 2.05) is 6.07 Å². The van der Waals surface area contributed by atoms with Crippen molar-refractivity contribution in [2.24, 2.45) is 5.92 Å². The molecule has 8 rings (SSSR count). The van der Waals surface area contributed by atoms with E-state index in [2.05, 4.69) is 35.8 Å². The van der Waals surface area contributed by atoms with Crippen molar-refractivity contribution in [2.75, 3.05) is 56.1 Å². The highest BCUT2D eigenvalue weighted by atomic mass is 19.1. The Labute approximate surface area is 228 Å². The van der Waals surface area contributed by atoms with Crippen LogP contribution in [-0.2, 0) is 22.4 Å². The molecule has 0 saturated carbocycles. The number of benzene rings is 1. The predicted molar refractivity (Wildman–Crippen MR) is 139 cm³/mol. The zero-order valence-corrected chi connectivity index (χ0v) is 21.7. The molecule has 40 heavy (non-hydrogen) atoms. The van der Waals surface area contributed by atoms with Gasteiger partial charge in [-0.1, -0.05) is 5.21 Å². The fraction of sp³-hybridized carbons (Fsp3) is 0.538. The Morgan fingerprint density at radius 2 is 2.02 bits per heavy atom. The Hall–Kier alpha value is -3.91. The Morgan fingerprint density at radius 3 is 2.83 bits per heavy atom. The van der Waals surface area contributed by atoms with Crippen molar-refractivity contribution in [1.82, 2.24) is 35.2 Å².